The molecule has 106 valence electrons. The van der Waals surface area contributed by atoms with Crippen molar-refractivity contribution in [2.75, 3.05) is 6.61 Å². The van der Waals surface area contributed by atoms with E-state index in [2.05, 4.69) is 9.47 Å². The van der Waals surface area contributed by atoms with E-state index in [0.29, 0.717) is 17.7 Å². The molecule has 0 saturated carbocycles. The fraction of sp³-hybridized carbons (Fsp3) is 0.538. The van der Waals surface area contributed by atoms with Crippen LogP contribution in [0.3, 0.4) is 0 Å². The summed E-state index contributed by atoms with van der Waals surface area (Å²) in [5.74, 6) is 0.328. The van der Waals surface area contributed by atoms with Crippen LogP contribution in [0.25, 0.3) is 0 Å². The lowest BCUT2D eigenvalue weighted by atomic mass is 10.2. The van der Waals surface area contributed by atoms with E-state index >= 15 is 0 Å². The van der Waals surface area contributed by atoms with Crippen molar-refractivity contribution in [3.05, 3.63) is 17.7 Å². The van der Waals surface area contributed by atoms with Gasteiger partial charge in [0.05, 0.1) is 6.10 Å². The number of halogens is 2. The Bertz CT molecular complexity index is 462. The molecule has 0 saturated heterocycles. The van der Waals surface area contributed by atoms with Gasteiger partial charge in [-0.15, -0.1) is 8.78 Å². The largest absolute Gasteiger partial charge is 0.586 e. The van der Waals surface area contributed by atoms with Crippen molar-refractivity contribution in [1.82, 2.24) is 0 Å². The minimum atomic E-state index is -3.63. The average molecular weight is 274 g/mol. The molecule has 1 atom stereocenters. The molecule has 2 rings (SSSR count). The van der Waals surface area contributed by atoms with Gasteiger partial charge in [0, 0.05) is 6.07 Å². The number of aryl methyl sites for hydroxylation is 1. The third-order valence-electron chi connectivity index (χ3n) is 2.75. The van der Waals surface area contributed by atoms with Crippen molar-refractivity contribution in [2.24, 2.45) is 0 Å². The molecule has 1 aliphatic heterocycles. The zero-order valence-corrected chi connectivity index (χ0v) is 10.8. The van der Waals surface area contributed by atoms with E-state index in [4.69, 9.17) is 4.74 Å². The first kappa shape index (κ1) is 13.9. The summed E-state index contributed by atoms with van der Waals surface area (Å²) < 4.78 is 39.9. The van der Waals surface area contributed by atoms with Crippen molar-refractivity contribution in [3.63, 3.8) is 0 Å². The number of alkyl halides is 2. The van der Waals surface area contributed by atoms with Gasteiger partial charge in [-0.05, 0) is 25.0 Å². The number of rotatable bonds is 5. The summed E-state index contributed by atoms with van der Waals surface area (Å²) in [6.45, 7) is 3.78. The first-order chi connectivity index (χ1) is 8.91. The minimum Gasteiger partial charge on any atom is -0.490 e. The second kappa shape index (κ2) is 5.21. The molecule has 0 amide bonds. The van der Waals surface area contributed by atoms with E-state index in [-0.39, 0.29) is 18.1 Å². The van der Waals surface area contributed by atoms with Gasteiger partial charge in [-0.3, -0.25) is 0 Å². The summed E-state index contributed by atoms with van der Waals surface area (Å²) in [5, 5.41) is 9.58. The maximum Gasteiger partial charge on any atom is 0.586 e. The molecule has 1 aliphatic rings. The van der Waals surface area contributed by atoms with Gasteiger partial charge < -0.3 is 19.3 Å². The minimum absolute atomic E-state index is 0.0102. The van der Waals surface area contributed by atoms with Crippen molar-refractivity contribution in [1.29, 1.82) is 0 Å². The van der Waals surface area contributed by atoms with E-state index in [0.717, 1.165) is 6.42 Å². The van der Waals surface area contributed by atoms with Gasteiger partial charge in [0.15, 0.2) is 11.5 Å². The van der Waals surface area contributed by atoms with Gasteiger partial charge in [0.25, 0.3) is 0 Å². The standard InChI is InChI=1S/C13H16F2O4/c1-3-4-9(16)7-17-10-6-12-11(5-8(10)2)18-13(14,15)19-12/h5-6,9,16H,3-4,7H2,1-2H3/t9-/m1/s1. The summed E-state index contributed by atoms with van der Waals surface area (Å²) in [6, 6.07) is 2.78. The molecule has 6 heteroatoms. The van der Waals surface area contributed by atoms with Crippen LogP contribution in [0, 0.1) is 6.92 Å². The van der Waals surface area contributed by atoms with Crippen LogP contribution in [-0.4, -0.2) is 24.1 Å². The Morgan fingerprint density at radius 1 is 1.32 bits per heavy atom. The highest BCUT2D eigenvalue weighted by Crippen LogP contribution is 2.44. The SMILES string of the molecule is CCC[C@@H](O)COc1cc2c(cc1C)OC(F)(F)O2. The van der Waals surface area contributed by atoms with Gasteiger partial charge in [0.2, 0.25) is 0 Å². The highest BCUT2D eigenvalue weighted by molar-refractivity contribution is 5.51. The van der Waals surface area contributed by atoms with Crippen LogP contribution < -0.4 is 14.2 Å². The number of hydrogen-bond donors (Lipinski definition) is 1. The van der Waals surface area contributed by atoms with Crippen molar-refractivity contribution in [3.8, 4) is 17.2 Å². The quantitative estimate of drug-likeness (QED) is 0.897. The van der Waals surface area contributed by atoms with Gasteiger partial charge in [-0.1, -0.05) is 13.3 Å². The van der Waals surface area contributed by atoms with Crippen molar-refractivity contribution >= 4 is 0 Å². The molecule has 1 N–H and O–H groups in total. The second-order valence-corrected chi connectivity index (χ2v) is 4.49. The van der Waals surface area contributed by atoms with Crippen LogP contribution in [0.1, 0.15) is 25.3 Å². The Balaban J connectivity index is 2.07. The maximum absolute atomic E-state index is 12.9. The van der Waals surface area contributed by atoms with Crippen LogP contribution >= 0.6 is 0 Å². The second-order valence-electron chi connectivity index (χ2n) is 4.49. The summed E-state index contributed by atoms with van der Waals surface area (Å²) in [4.78, 5) is 0. The van der Waals surface area contributed by atoms with Crippen molar-refractivity contribution in [2.45, 2.75) is 39.1 Å². The molecule has 0 bridgehead atoms. The third kappa shape index (κ3) is 3.26. The first-order valence-electron chi connectivity index (χ1n) is 6.12. The van der Waals surface area contributed by atoms with Crippen LogP contribution in [0.5, 0.6) is 17.2 Å². The molecular weight excluding hydrogens is 258 g/mol. The number of hydrogen-bond acceptors (Lipinski definition) is 4. The van der Waals surface area contributed by atoms with Gasteiger partial charge in [0.1, 0.15) is 12.4 Å². The van der Waals surface area contributed by atoms with Crippen LogP contribution in [-0.2, 0) is 0 Å². The van der Waals surface area contributed by atoms with E-state index in [1.807, 2.05) is 6.92 Å². The Labute approximate surface area is 109 Å². The topological polar surface area (TPSA) is 47.9 Å². The molecule has 0 aliphatic carbocycles. The predicted molar refractivity (Wildman–Crippen MR) is 63.8 cm³/mol. The first-order valence-corrected chi connectivity index (χ1v) is 6.12. The maximum atomic E-state index is 12.9. The molecular formula is C13H16F2O4. The van der Waals surface area contributed by atoms with Gasteiger partial charge in [-0.25, -0.2) is 0 Å². The number of ether oxygens (including phenoxy) is 3. The summed E-state index contributed by atoms with van der Waals surface area (Å²) in [5.41, 5.74) is 0.642. The molecule has 0 fully saturated rings. The molecule has 1 aromatic carbocycles. The Kier molecular flexibility index (Phi) is 3.80. The van der Waals surface area contributed by atoms with Gasteiger partial charge in [-0.2, -0.15) is 0 Å². The molecule has 1 aromatic rings. The van der Waals surface area contributed by atoms with E-state index in [1.54, 1.807) is 6.92 Å². The van der Waals surface area contributed by atoms with Gasteiger partial charge >= 0.3 is 6.29 Å². The molecule has 0 aromatic heterocycles. The normalized spacial score (nSPS) is 17.3. The summed E-state index contributed by atoms with van der Waals surface area (Å²) in [6.07, 6.45) is -2.73. The van der Waals surface area contributed by atoms with E-state index in [1.165, 1.54) is 12.1 Å². The summed E-state index contributed by atoms with van der Waals surface area (Å²) >= 11 is 0. The van der Waals surface area contributed by atoms with Crippen LogP contribution in [0.2, 0.25) is 0 Å². The fourth-order valence-electron chi connectivity index (χ4n) is 1.84. The Hall–Kier alpha value is -1.56. The third-order valence-corrected chi connectivity index (χ3v) is 2.75. The van der Waals surface area contributed by atoms with E-state index in [9.17, 15) is 13.9 Å². The average Bonchev–Trinajstić information content (AvgIpc) is 2.59. The van der Waals surface area contributed by atoms with Crippen molar-refractivity contribution < 1.29 is 28.1 Å². The predicted octanol–water partition coefficient (Wildman–Crippen LogP) is 2.86. The van der Waals surface area contributed by atoms with E-state index < -0.39 is 12.4 Å². The highest BCUT2D eigenvalue weighted by Gasteiger charge is 2.43. The number of aliphatic hydroxyl groups is 1. The number of aliphatic hydroxyl groups excluding tert-OH is 1. The molecule has 0 spiro atoms. The number of fused-ring (bicyclic) bond motifs is 1. The van der Waals surface area contributed by atoms with Crippen LogP contribution in [0.15, 0.2) is 12.1 Å². The lowest BCUT2D eigenvalue weighted by molar-refractivity contribution is -0.286. The molecule has 19 heavy (non-hydrogen) atoms. The highest BCUT2D eigenvalue weighted by atomic mass is 19.3. The Morgan fingerprint density at radius 2 is 1.95 bits per heavy atom. The zero-order chi connectivity index (χ0) is 14.0. The molecule has 1 heterocycles. The lowest BCUT2D eigenvalue weighted by Crippen LogP contribution is -2.25. The lowest BCUT2D eigenvalue weighted by Gasteiger charge is -2.13. The fourth-order valence-corrected chi connectivity index (χ4v) is 1.84. The Morgan fingerprint density at radius 3 is 2.58 bits per heavy atom. The number of benzene rings is 1. The monoisotopic (exact) mass is 274 g/mol. The summed E-state index contributed by atoms with van der Waals surface area (Å²) in [7, 11) is 0. The molecule has 4 nitrogen and oxygen atoms in total. The zero-order valence-electron chi connectivity index (χ0n) is 10.8. The smallest absolute Gasteiger partial charge is 0.490 e. The molecule has 0 radical (unpaired) electrons. The molecule has 0 unspecified atom stereocenters. The van der Waals surface area contributed by atoms with Crippen LogP contribution in [0.4, 0.5) is 8.78 Å².